The van der Waals surface area contributed by atoms with Crippen LogP contribution in [-0.2, 0) is 11.3 Å². The van der Waals surface area contributed by atoms with Crippen LogP contribution in [0.2, 0.25) is 0 Å². The first kappa shape index (κ1) is 14.5. The van der Waals surface area contributed by atoms with E-state index in [1.54, 1.807) is 0 Å². The summed E-state index contributed by atoms with van der Waals surface area (Å²) in [6.45, 7) is 1.96. The number of hydrogen-bond donors (Lipinski definition) is 2. The molecule has 2 aromatic rings. The fourth-order valence-electron chi connectivity index (χ4n) is 1.83. The van der Waals surface area contributed by atoms with E-state index in [9.17, 15) is 9.18 Å². The third-order valence-electron chi connectivity index (χ3n) is 2.60. The molecule has 1 amide bonds. The Hall–Kier alpha value is -1.88. The van der Waals surface area contributed by atoms with E-state index in [0.717, 1.165) is 16.9 Å². The van der Waals surface area contributed by atoms with E-state index in [1.807, 2.05) is 30.3 Å². The fraction of sp³-hybridized carbons (Fsp3) is 0.133. The van der Waals surface area contributed by atoms with Crippen LogP contribution in [0.4, 0.5) is 15.8 Å². The molecule has 0 saturated carbocycles. The number of anilines is 2. The minimum Gasteiger partial charge on any atom is -0.381 e. The largest absolute Gasteiger partial charge is 0.381 e. The fourth-order valence-corrected chi connectivity index (χ4v) is 2.34. The zero-order valence-electron chi connectivity index (χ0n) is 10.9. The van der Waals surface area contributed by atoms with Crippen LogP contribution >= 0.6 is 15.9 Å². The summed E-state index contributed by atoms with van der Waals surface area (Å²) in [4.78, 5) is 11.0. The van der Waals surface area contributed by atoms with Gasteiger partial charge >= 0.3 is 0 Å². The Labute approximate surface area is 125 Å². The lowest BCUT2D eigenvalue weighted by Gasteiger charge is -2.09. The molecular weight excluding hydrogens is 323 g/mol. The number of benzene rings is 2. The molecular formula is C15H14BrFN2O. The highest BCUT2D eigenvalue weighted by Crippen LogP contribution is 2.18. The quantitative estimate of drug-likeness (QED) is 0.880. The number of carbonyl (C=O) groups is 1. The number of halogens is 2. The van der Waals surface area contributed by atoms with Crippen LogP contribution in [0, 0.1) is 5.82 Å². The van der Waals surface area contributed by atoms with Crippen LogP contribution in [0.25, 0.3) is 0 Å². The summed E-state index contributed by atoms with van der Waals surface area (Å²) < 4.78 is 14.0. The second-order valence-electron chi connectivity index (χ2n) is 4.39. The average Bonchev–Trinajstić information content (AvgIpc) is 2.35. The molecule has 0 aliphatic carbocycles. The van der Waals surface area contributed by atoms with Gasteiger partial charge in [-0.05, 0) is 42.0 Å². The molecule has 5 heteroatoms. The summed E-state index contributed by atoms with van der Waals surface area (Å²) in [5.41, 5.74) is 2.42. The lowest BCUT2D eigenvalue weighted by molar-refractivity contribution is -0.114. The molecule has 0 saturated heterocycles. The maximum Gasteiger partial charge on any atom is 0.221 e. The Morgan fingerprint density at radius 1 is 1.20 bits per heavy atom. The van der Waals surface area contributed by atoms with Gasteiger partial charge in [-0.2, -0.15) is 0 Å². The monoisotopic (exact) mass is 336 g/mol. The Morgan fingerprint density at radius 2 is 1.95 bits per heavy atom. The Bertz CT molecular complexity index is 611. The van der Waals surface area contributed by atoms with E-state index in [-0.39, 0.29) is 11.7 Å². The van der Waals surface area contributed by atoms with Gasteiger partial charge in [0.1, 0.15) is 5.82 Å². The molecule has 0 heterocycles. The van der Waals surface area contributed by atoms with E-state index in [2.05, 4.69) is 26.6 Å². The minimum atomic E-state index is -0.275. The first-order valence-electron chi connectivity index (χ1n) is 6.09. The second kappa shape index (κ2) is 6.52. The smallest absolute Gasteiger partial charge is 0.221 e. The van der Waals surface area contributed by atoms with Crippen LogP contribution in [0.5, 0.6) is 0 Å². The van der Waals surface area contributed by atoms with Crippen molar-refractivity contribution in [2.24, 2.45) is 0 Å². The van der Waals surface area contributed by atoms with Crippen molar-refractivity contribution in [3.05, 3.63) is 58.3 Å². The minimum absolute atomic E-state index is 0.115. The number of rotatable bonds is 4. The number of amides is 1. The van der Waals surface area contributed by atoms with Crippen molar-refractivity contribution in [1.29, 1.82) is 0 Å². The van der Waals surface area contributed by atoms with Crippen molar-refractivity contribution in [3.8, 4) is 0 Å². The van der Waals surface area contributed by atoms with Crippen molar-refractivity contribution in [1.82, 2.24) is 0 Å². The van der Waals surface area contributed by atoms with Crippen LogP contribution in [-0.4, -0.2) is 5.91 Å². The number of carbonyl (C=O) groups excluding carboxylic acids is 1. The summed E-state index contributed by atoms with van der Waals surface area (Å²) in [5.74, 6) is -0.389. The highest BCUT2D eigenvalue weighted by molar-refractivity contribution is 9.10. The van der Waals surface area contributed by atoms with Gasteiger partial charge in [0.05, 0.1) is 0 Å². The van der Waals surface area contributed by atoms with Crippen LogP contribution in [0.15, 0.2) is 46.9 Å². The van der Waals surface area contributed by atoms with Crippen LogP contribution in [0.3, 0.4) is 0 Å². The van der Waals surface area contributed by atoms with Gasteiger partial charge < -0.3 is 10.6 Å². The number of nitrogens with one attached hydrogen (secondary N) is 2. The summed E-state index contributed by atoms with van der Waals surface area (Å²) in [6, 6.07) is 12.1. The molecule has 0 bridgehead atoms. The lowest BCUT2D eigenvalue weighted by Crippen LogP contribution is -2.06. The maximum atomic E-state index is 13.3. The van der Waals surface area contributed by atoms with E-state index < -0.39 is 0 Å². The summed E-state index contributed by atoms with van der Waals surface area (Å²) >= 11 is 3.26. The summed E-state index contributed by atoms with van der Waals surface area (Å²) in [6.07, 6.45) is 0. The molecule has 0 spiro atoms. The molecule has 0 aliphatic heterocycles. The van der Waals surface area contributed by atoms with Gasteiger partial charge in [-0.3, -0.25) is 4.79 Å². The molecule has 2 N–H and O–H groups in total. The lowest BCUT2D eigenvalue weighted by atomic mass is 10.2. The van der Waals surface area contributed by atoms with Crippen molar-refractivity contribution in [3.63, 3.8) is 0 Å². The van der Waals surface area contributed by atoms with Gasteiger partial charge in [0, 0.05) is 29.3 Å². The predicted octanol–water partition coefficient (Wildman–Crippen LogP) is 4.16. The molecule has 104 valence electrons. The first-order chi connectivity index (χ1) is 9.52. The van der Waals surface area contributed by atoms with Crippen LogP contribution in [0.1, 0.15) is 12.5 Å². The molecule has 3 nitrogen and oxygen atoms in total. The highest BCUT2D eigenvalue weighted by Gasteiger charge is 2.01. The predicted molar refractivity (Wildman–Crippen MR) is 82.2 cm³/mol. The van der Waals surface area contributed by atoms with Gasteiger partial charge in [-0.25, -0.2) is 4.39 Å². The van der Waals surface area contributed by atoms with Crippen molar-refractivity contribution < 1.29 is 9.18 Å². The van der Waals surface area contributed by atoms with Gasteiger partial charge in [-0.1, -0.05) is 22.0 Å². The third-order valence-corrected chi connectivity index (χ3v) is 3.06. The third kappa shape index (κ3) is 4.35. The second-order valence-corrected chi connectivity index (χ2v) is 5.31. The maximum absolute atomic E-state index is 13.3. The molecule has 0 radical (unpaired) electrons. The molecule has 2 rings (SSSR count). The first-order valence-corrected chi connectivity index (χ1v) is 6.89. The van der Waals surface area contributed by atoms with Gasteiger partial charge in [0.25, 0.3) is 0 Å². The number of hydrogen-bond acceptors (Lipinski definition) is 2. The highest BCUT2D eigenvalue weighted by atomic mass is 79.9. The van der Waals surface area contributed by atoms with Gasteiger partial charge in [-0.15, -0.1) is 0 Å². The topological polar surface area (TPSA) is 41.1 Å². The molecule has 2 aromatic carbocycles. The molecule has 0 aliphatic rings. The Morgan fingerprint density at radius 3 is 2.65 bits per heavy atom. The van der Waals surface area contributed by atoms with Crippen molar-refractivity contribution >= 4 is 33.2 Å². The van der Waals surface area contributed by atoms with Crippen molar-refractivity contribution in [2.45, 2.75) is 13.5 Å². The van der Waals surface area contributed by atoms with E-state index in [1.165, 1.54) is 19.1 Å². The van der Waals surface area contributed by atoms with E-state index >= 15 is 0 Å². The molecule has 0 unspecified atom stereocenters. The summed E-state index contributed by atoms with van der Waals surface area (Å²) in [7, 11) is 0. The standard InChI is InChI=1S/C15H14BrFN2O/c1-10(20)19-15-4-2-3-14(8-15)18-9-11-5-12(16)7-13(17)6-11/h2-8,18H,9H2,1H3,(H,19,20). The molecule has 20 heavy (non-hydrogen) atoms. The van der Waals surface area contributed by atoms with Gasteiger partial charge in [0.15, 0.2) is 0 Å². The molecule has 0 atom stereocenters. The SMILES string of the molecule is CC(=O)Nc1cccc(NCc2cc(F)cc(Br)c2)c1. The normalized spacial score (nSPS) is 10.2. The Balaban J connectivity index is 2.05. The molecule has 0 aromatic heterocycles. The van der Waals surface area contributed by atoms with Crippen LogP contribution < -0.4 is 10.6 Å². The summed E-state index contributed by atoms with van der Waals surface area (Å²) in [5, 5.41) is 5.91. The van der Waals surface area contributed by atoms with Gasteiger partial charge in [0.2, 0.25) is 5.91 Å². The molecule has 0 fully saturated rings. The van der Waals surface area contributed by atoms with E-state index in [0.29, 0.717) is 11.0 Å². The van der Waals surface area contributed by atoms with Crippen molar-refractivity contribution in [2.75, 3.05) is 10.6 Å². The zero-order chi connectivity index (χ0) is 14.5. The average molecular weight is 337 g/mol. The Kier molecular flexibility index (Phi) is 4.74. The zero-order valence-corrected chi connectivity index (χ0v) is 12.5. The van der Waals surface area contributed by atoms with E-state index in [4.69, 9.17) is 0 Å².